The largest absolute Gasteiger partial charge is 0.511 e. The molecule has 3 N–H and O–H groups in total. The average molecular weight is 454 g/mol. The average Bonchev–Trinajstić information content (AvgIpc) is 2.76. The van der Waals surface area contributed by atoms with Crippen LogP contribution in [0.4, 0.5) is 0 Å². The number of carboxylic acid groups (broad SMARTS) is 1. The molecule has 9 nitrogen and oxygen atoms in total. The number of hydrogen-bond donors (Lipinski definition) is 3. The molecule has 3 rings (SSSR count). The molecule has 1 aromatic heterocycles. The fourth-order valence-electron chi connectivity index (χ4n) is 3.21. The van der Waals surface area contributed by atoms with Crippen LogP contribution in [0.15, 0.2) is 29.7 Å². The van der Waals surface area contributed by atoms with Gasteiger partial charge in [-0.25, -0.2) is 0 Å². The number of aromatic nitrogens is 1. The Balaban J connectivity index is 0.000000220. The molecule has 1 saturated carbocycles. The van der Waals surface area contributed by atoms with Gasteiger partial charge in [-0.05, 0) is 25.0 Å². The Hall–Kier alpha value is -2.65. The summed E-state index contributed by atoms with van der Waals surface area (Å²) in [7, 11) is 1.50. The van der Waals surface area contributed by atoms with E-state index in [0.717, 1.165) is 5.69 Å². The van der Waals surface area contributed by atoms with E-state index in [1.165, 1.54) is 44.1 Å². The lowest BCUT2D eigenvalue weighted by Gasteiger charge is -2.23. The topological polar surface area (TPSA) is 129 Å². The molecule has 10 heteroatoms. The van der Waals surface area contributed by atoms with Gasteiger partial charge in [-0.2, -0.15) is 0 Å². The number of nitrogens with zero attached hydrogens (tertiary/aromatic N) is 2. The summed E-state index contributed by atoms with van der Waals surface area (Å²) in [6.07, 6.45) is 8.67. The van der Waals surface area contributed by atoms with Crippen molar-refractivity contribution in [2.75, 3.05) is 20.1 Å². The number of halogens is 1. The van der Waals surface area contributed by atoms with E-state index in [1.54, 1.807) is 6.20 Å². The van der Waals surface area contributed by atoms with E-state index in [9.17, 15) is 19.5 Å². The second-order valence-electron chi connectivity index (χ2n) is 7.41. The van der Waals surface area contributed by atoms with Crippen molar-refractivity contribution in [3.63, 3.8) is 0 Å². The first kappa shape index (κ1) is 24.6. The lowest BCUT2D eigenvalue weighted by molar-refractivity contribution is -0.138. The van der Waals surface area contributed by atoms with Gasteiger partial charge in [0.05, 0.1) is 23.4 Å². The first-order valence-electron chi connectivity index (χ1n) is 10.2. The van der Waals surface area contributed by atoms with Crippen molar-refractivity contribution < 1.29 is 29.3 Å². The van der Waals surface area contributed by atoms with Gasteiger partial charge in [0.25, 0.3) is 11.8 Å². The molecule has 1 aromatic rings. The second kappa shape index (κ2) is 12.3. The third-order valence-corrected chi connectivity index (χ3v) is 5.19. The van der Waals surface area contributed by atoms with E-state index in [4.69, 9.17) is 21.4 Å². The van der Waals surface area contributed by atoms with Crippen molar-refractivity contribution in [2.45, 2.75) is 51.2 Å². The van der Waals surface area contributed by atoms with Gasteiger partial charge in [-0.3, -0.25) is 19.4 Å². The summed E-state index contributed by atoms with van der Waals surface area (Å²) in [6.45, 7) is 0.356. The maximum absolute atomic E-state index is 11.5. The first-order chi connectivity index (χ1) is 14.8. The normalized spacial score (nSPS) is 17.1. The van der Waals surface area contributed by atoms with Crippen molar-refractivity contribution in [3.05, 3.63) is 40.4 Å². The van der Waals surface area contributed by atoms with E-state index in [1.807, 2.05) is 17.4 Å². The van der Waals surface area contributed by atoms with Gasteiger partial charge in [-0.15, -0.1) is 0 Å². The Morgan fingerprint density at radius 3 is 2.61 bits per heavy atom. The van der Waals surface area contributed by atoms with Crippen LogP contribution >= 0.6 is 11.6 Å². The number of likely N-dealkylation sites (N-methyl/N-ethyl adjacent to an activating group) is 1. The molecular weight excluding hydrogens is 426 g/mol. The van der Waals surface area contributed by atoms with E-state index < -0.39 is 24.3 Å². The number of pyridine rings is 1. The molecule has 1 aliphatic carbocycles. The van der Waals surface area contributed by atoms with Gasteiger partial charge >= 0.3 is 5.97 Å². The standard InChI is InChI=1S/C12H16ClNO.C9H12N2O5/c13-10-6-7-11(14-8-10)9-15-12-4-2-1-3-5-12;1-11-3-2-5(12)7(9(11)16)8(15)10-4-6(13)14/h6-8,12H,1-5,9H2;12H,2-4H2,1H3,(H,10,15)(H,13,14). The maximum atomic E-state index is 11.5. The van der Waals surface area contributed by atoms with Crippen molar-refractivity contribution >= 4 is 29.4 Å². The molecule has 0 spiro atoms. The number of ether oxygens (including phenoxy) is 1. The zero-order valence-corrected chi connectivity index (χ0v) is 18.2. The number of carbonyl (C=O) groups is 3. The molecule has 2 aliphatic rings. The minimum Gasteiger partial charge on any atom is -0.511 e. The second-order valence-corrected chi connectivity index (χ2v) is 7.85. The molecule has 1 fully saturated rings. The zero-order valence-electron chi connectivity index (χ0n) is 17.5. The molecule has 2 heterocycles. The predicted octanol–water partition coefficient (Wildman–Crippen LogP) is 2.45. The van der Waals surface area contributed by atoms with Crippen LogP contribution in [0, 0.1) is 0 Å². The third-order valence-electron chi connectivity index (χ3n) is 4.97. The lowest BCUT2D eigenvalue weighted by Crippen LogP contribution is -2.41. The van der Waals surface area contributed by atoms with Gasteiger partial charge in [0.2, 0.25) is 0 Å². The number of rotatable bonds is 6. The summed E-state index contributed by atoms with van der Waals surface area (Å²) in [5.74, 6) is -2.99. The molecule has 170 valence electrons. The van der Waals surface area contributed by atoms with Crippen molar-refractivity contribution in [2.24, 2.45) is 0 Å². The molecule has 0 aromatic carbocycles. The van der Waals surface area contributed by atoms with Crippen LogP contribution in [0.1, 0.15) is 44.2 Å². The quantitative estimate of drug-likeness (QED) is 0.564. The summed E-state index contributed by atoms with van der Waals surface area (Å²) in [4.78, 5) is 38.7. The highest BCUT2D eigenvalue weighted by Gasteiger charge is 2.30. The summed E-state index contributed by atoms with van der Waals surface area (Å²) in [6, 6.07) is 3.78. The van der Waals surface area contributed by atoms with Crippen molar-refractivity contribution in [1.29, 1.82) is 0 Å². The van der Waals surface area contributed by atoms with Gasteiger partial charge in [0.15, 0.2) is 0 Å². The number of carbonyl (C=O) groups excluding carboxylic acids is 2. The minimum atomic E-state index is -1.22. The molecule has 0 atom stereocenters. The molecular formula is C21H28ClN3O6. The highest BCUT2D eigenvalue weighted by molar-refractivity contribution is 6.30. The Morgan fingerprint density at radius 1 is 1.29 bits per heavy atom. The number of nitrogens with one attached hydrogen (secondary N) is 1. The Labute approximate surface area is 186 Å². The van der Waals surface area contributed by atoms with Crippen LogP contribution in [-0.2, 0) is 25.7 Å². The summed E-state index contributed by atoms with van der Waals surface area (Å²) in [5.41, 5.74) is 0.583. The van der Waals surface area contributed by atoms with Gasteiger partial charge < -0.3 is 25.2 Å². The van der Waals surface area contributed by atoms with Gasteiger partial charge in [0, 0.05) is 26.2 Å². The number of amides is 2. The van der Waals surface area contributed by atoms with Crippen LogP contribution in [0.2, 0.25) is 5.02 Å². The number of hydrogen-bond acceptors (Lipinski definition) is 6. The van der Waals surface area contributed by atoms with Gasteiger partial charge in [-0.1, -0.05) is 30.9 Å². The molecule has 0 saturated heterocycles. The summed E-state index contributed by atoms with van der Waals surface area (Å²) in [5, 5.41) is 20.5. The Morgan fingerprint density at radius 2 is 2.00 bits per heavy atom. The molecule has 2 amide bonds. The van der Waals surface area contributed by atoms with Crippen molar-refractivity contribution in [3.8, 4) is 0 Å². The summed E-state index contributed by atoms with van der Waals surface area (Å²) >= 11 is 5.76. The van der Waals surface area contributed by atoms with E-state index >= 15 is 0 Å². The van der Waals surface area contributed by atoms with E-state index in [-0.39, 0.29) is 17.8 Å². The Bertz CT molecular complexity index is 806. The fraction of sp³-hybridized carbons (Fsp3) is 0.524. The fourth-order valence-corrected chi connectivity index (χ4v) is 3.33. The number of aliphatic hydroxyl groups is 1. The maximum Gasteiger partial charge on any atom is 0.322 e. The van der Waals surface area contributed by atoms with Crippen LogP contribution in [0.25, 0.3) is 0 Å². The van der Waals surface area contributed by atoms with Crippen LogP contribution in [0.3, 0.4) is 0 Å². The Kier molecular flexibility index (Phi) is 9.74. The molecule has 0 bridgehead atoms. The number of carboxylic acids is 1. The van der Waals surface area contributed by atoms with Gasteiger partial charge in [0.1, 0.15) is 17.9 Å². The van der Waals surface area contributed by atoms with Crippen molar-refractivity contribution in [1.82, 2.24) is 15.2 Å². The molecule has 1 aliphatic heterocycles. The minimum absolute atomic E-state index is 0.193. The third kappa shape index (κ3) is 8.18. The smallest absolute Gasteiger partial charge is 0.322 e. The SMILES string of the molecule is CN1CCC(O)=C(C(=O)NCC(=O)O)C1=O.Clc1ccc(COC2CCCCC2)nc1. The highest BCUT2D eigenvalue weighted by Crippen LogP contribution is 2.21. The molecule has 0 unspecified atom stereocenters. The summed E-state index contributed by atoms with van der Waals surface area (Å²) < 4.78 is 5.80. The predicted molar refractivity (Wildman–Crippen MR) is 113 cm³/mol. The molecule has 0 radical (unpaired) electrons. The first-order valence-corrected chi connectivity index (χ1v) is 10.5. The molecule has 31 heavy (non-hydrogen) atoms. The lowest BCUT2D eigenvalue weighted by atomic mass is 9.98. The number of aliphatic carboxylic acids is 1. The zero-order chi connectivity index (χ0) is 22.8. The van der Waals surface area contributed by atoms with Crippen LogP contribution in [0.5, 0.6) is 0 Å². The van der Waals surface area contributed by atoms with E-state index in [0.29, 0.717) is 24.3 Å². The van der Waals surface area contributed by atoms with Crippen LogP contribution < -0.4 is 5.32 Å². The van der Waals surface area contributed by atoms with Crippen LogP contribution in [-0.4, -0.2) is 64.1 Å². The number of aliphatic hydroxyl groups excluding tert-OH is 1. The highest BCUT2D eigenvalue weighted by atomic mass is 35.5. The monoisotopic (exact) mass is 453 g/mol. The van der Waals surface area contributed by atoms with E-state index in [2.05, 4.69) is 4.98 Å².